The van der Waals surface area contributed by atoms with E-state index in [4.69, 9.17) is 11.6 Å². The highest BCUT2D eigenvalue weighted by atomic mass is 35.5. The van der Waals surface area contributed by atoms with Gasteiger partial charge in [-0.05, 0) is 29.3 Å². The van der Waals surface area contributed by atoms with E-state index in [1.54, 1.807) is 0 Å². The van der Waals surface area contributed by atoms with Gasteiger partial charge in [-0.3, -0.25) is 4.90 Å². The van der Waals surface area contributed by atoms with E-state index in [1.807, 2.05) is 24.3 Å². The zero-order chi connectivity index (χ0) is 20.8. The predicted octanol–water partition coefficient (Wildman–Crippen LogP) is 5.67. The van der Waals surface area contributed by atoms with Crippen LogP contribution < -0.4 is 5.32 Å². The summed E-state index contributed by atoms with van der Waals surface area (Å²) in [5, 5.41) is 4.17. The fraction of sp³-hybridized carbons (Fsp3) is 0.231. The molecule has 3 nitrogen and oxygen atoms in total. The van der Waals surface area contributed by atoms with Gasteiger partial charge in [0.05, 0.1) is 12.6 Å². The highest BCUT2D eigenvalue weighted by molar-refractivity contribution is 6.30. The molecule has 1 aliphatic heterocycles. The lowest BCUT2D eigenvalue weighted by Crippen LogP contribution is -2.47. The molecule has 0 radical (unpaired) electrons. The zero-order valence-corrected chi connectivity index (χ0v) is 17.9. The molecule has 0 unspecified atom stereocenters. The number of rotatable bonds is 7. The van der Waals surface area contributed by atoms with Crippen molar-refractivity contribution in [1.82, 2.24) is 9.80 Å². The molecule has 0 bridgehead atoms. The maximum Gasteiger partial charge on any atom is 0.0603 e. The van der Waals surface area contributed by atoms with E-state index >= 15 is 0 Å². The Morgan fingerprint density at radius 2 is 1.43 bits per heavy atom. The molecule has 0 saturated carbocycles. The van der Waals surface area contributed by atoms with Crippen LogP contribution in [-0.2, 0) is 0 Å². The van der Waals surface area contributed by atoms with E-state index in [-0.39, 0.29) is 6.04 Å². The number of nitrogens with one attached hydrogen (secondary N) is 1. The molecule has 0 atom stereocenters. The first-order valence-electron chi connectivity index (χ1n) is 10.5. The monoisotopic (exact) mass is 417 g/mol. The SMILES string of the molecule is C=C(CNc1cccc(Cl)c1)N1CCN(C(c2ccccc2)c2ccccc2)CC1. The lowest BCUT2D eigenvalue weighted by molar-refractivity contribution is 0.131. The van der Waals surface area contributed by atoms with Gasteiger partial charge in [-0.25, -0.2) is 0 Å². The summed E-state index contributed by atoms with van der Waals surface area (Å²) in [5.74, 6) is 0. The molecule has 4 rings (SSSR count). The van der Waals surface area contributed by atoms with E-state index in [2.05, 4.69) is 82.4 Å². The van der Waals surface area contributed by atoms with Gasteiger partial charge in [0.25, 0.3) is 0 Å². The van der Waals surface area contributed by atoms with Gasteiger partial charge in [-0.15, -0.1) is 0 Å². The normalized spacial score (nSPS) is 14.7. The minimum atomic E-state index is 0.285. The van der Waals surface area contributed by atoms with E-state index in [0.29, 0.717) is 0 Å². The summed E-state index contributed by atoms with van der Waals surface area (Å²) in [7, 11) is 0. The number of benzene rings is 3. The lowest BCUT2D eigenvalue weighted by Gasteiger charge is -2.41. The standard InChI is InChI=1S/C26H28ClN3/c1-21(20-28-25-14-8-13-24(27)19-25)29-15-17-30(18-16-29)26(22-9-4-2-5-10-22)23-11-6-3-7-12-23/h2-14,19,26,28H,1,15-18,20H2. The van der Waals surface area contributed by atoms with E-state index in [9.17, 15) is 0 Å². The second kappa shape index (κ2) is 9.84. The first-order chi connectivity index (χ1) is 14.7. The molecule has 0 aromatic heterocycles. The number of nitrogens with zero attached hydrogens (tertiary/aromatic N) is 2. The predicted molar refractivity (Wildman–Crippen MR) is 127 cm³/mol. The minimum Gasteiger partial charge on any atom is -0.379 e. The minimum absolute atomic E-state index is 0.285. The molecule has 1 heterocycles. The molecular formula is C26H28ClN3. The number of anilines is 1. The summed E-state index contributed by atoms with van der Waals surface area (Å²) in [4.78, 5) is 4.97. The topological polar surface area (TPSA) is 18.5 Å². The summed E-state index contributed by atoms with van der Waals surface area (Å²) in [6.07, 6.45) is 0. The second-order valence-corrected chi connectivity index (χ2v) is 8.11. The molecule has 1 N–H and O–H groups in total. The molecule has 1 saturated heterocycles. The van der Waals surface area contributed by atoms with E-state index < -0.39 is 0 Å². The maximum absolute atomic E-state index is 6.08. The van der Waals surface area contributed by atoms with Crippen molar-refractivity contribution in [2.24, 2.45) is 0 Å². The third kappa shape index (κ3) is 5.05. The number of hydrogen-bond acceptors (Lipinski definition) is 3. The first-order valence-corrected chi connectivity index (χ1v) is 10.8. The van der Waals surface area contributed by atoms with Crippen LogP contribution in [0, 0.1) is 0 Å². The van der Waals surface area contributed by atoms with Crippen LogP contribution in [0.1, 0.15) is 17.2 Å². The molecule has 0 aliphatic carbocycles. The Morgan fingerprint density at radius 1 is 0.833 bits per heavy atom. The molecular weight excluding hydrogens is 390 g/mol. The van der Waals surface area contributed by atoms with Gasteiger partial charge in [0.2, 0.25) is 0 Å². The fourth-order valence-corrected chi connectivity index (χ4v) is 4.29. The Morgan fingerprint density at radius 3 is 2.00 bits per heavy atom. The average molecular weight is 418 g/mol. The van der Waals surface area contributed by atoms with Gasteiger partial charge in [0.15, 0.2) is 0 Å². The molecule has 0 amide bonds. The molecule has 3 aromatic carbocycles. The second-order valence-electron chi connectivity index (χ2n) is 7.68. The van der Waals surface area contributed by atoms with Crippen LogP contribution in [-0.4, -0.2) is 42.5 Å². The Hall–Kier alpha value is -2.75. The van der Waals surface area contributed by atoms with Gasteiger partial charge in [0, 0.05) is 42.6 Å². The van der Waals surface area contributed by atoms with Crippen LogP contribution in [0.4, 0.5) is 5.69 Å². The van der Waals surface area contributed by atoms with Gasteiger partial charge < -0.3 is 10.2 Å². The van der Waals surface area contributed by atoms with Crippen molar-refractivity contribution in [3.8, 4) is 0 Å². The third-order valence-electron chi connectivity index (χ3n) is 5.68. The first kappa shape index (κ1) is 20.5. The van der Waals surface area contributed by atoms with Crippen LogP contribution in [0.15, 0.2) is 97.2 Å². The lowest BCUT2D eigenvalue weighted by atomic mass is 9.96. The number of piperazine rings is 1. The smallest absolute Gasteiger partial charge is 0.0603 e. The molecule has 0 spiro atoms. The number of halogens is 1. The van der Waals surface area contributed by atoms with Crippen LogP contribution in [0.2, 0.25) is 5.02 Å². The van der Waals surface area contributed by atoms with Gasteiger partial charge in [0.1, 0.15) is 0 Å². The van der Waals surface area contributed by atoms with Gasteiger partial charge in [-0.2, -0.15) is 0 Å². The van der Waals surface area contributed by atoms with Crippen molar-refractivity contribution in [3.63, 3.8) is 0 Å². The van der Waals surface area contributed by atoms with E-state index in [0.717, 1.165) is 49.1 Å². The van der Waals surface area contributed by atoms with E-state index in [1.165, 1.54) is 11.1 Å². The van der Waals surface area contributed by atoms with Crippen molar-refractivity contribution in [2.75, 3.05) is 38.0 Å². The van der Waals surface area contributed by atoms with Crippen molar-refractivity contribution in [3.05, 3.63) is 113 Å². The van der Waals surface area contributed by atoms with Gasteiger partial charge >= 0.3 is 0 Å². The summed E-state index contributed by atoms with van der Waals surface area (Å²) in [6, 6.07) is 29.7. The summed E-state index contributed by atoms with van der Waals surface area (Å²) >= 11 is 6.08. The van der Waals surface area contributed by atoms with Crippen molar-refractivity contribution in [1.29, 1.82) is 0 Å². The largest absolute Gasteiger partial charge is 0.379 e. The third-order valence-corrected chi connectivity index (χ3v) is 5.91. The van der Waals surface area contributed by atoms with Gasteiger partial charge in [-0.1, -0.05) is 84.9 Å². The van der Waals surface area contributed by atoms with Crippen molar-refractivity contribution in [2.45, 2.75) is 6.04 Å². The van der Waals surface area contributed by atoms with Crippen LogP contribution >= 0.6 is 11.6 Å². The average Bonchev–Trinajstić information content (AvgIpc) is 2.80. The zero-order valence-electron chi connectivity index (χ0n) is 17.2. The highest BCUT2D eigenvalue weighted by Gasteiger charge is 2.26. The maximum atomic E-state index is 6.08. The quantitative estimate of drug-likeness (QED) is 0.534. The Labute approximate surface area is 184 Å². The molecule has 4 heteroatoms. The molecule has 3 aromatic rings. The van der Waals surface area contributed by atoms with Crippen LogP contribution in [0.3, 0.4) is 0 Å². The highest BCUT2D eigenvalue weighted by Crippen LogP contribution is 2.29. The molecule has 154 valence electrons. The number of hydrogen-bond donors (Lipinski definition) is 1. The molecule has 1 fully saturated rings. The fourth-order valence-electron chi connectivity index (χ4n) is 4.10. The molecule has 30 heavy (non-hydrogen) atoms. The Kier molecular flexibility index (Phi) is 6.73. The van der Waals surface area contributed by atoms with Crippen LogP contribution in [0.5, 0.6) is 0 Å². The van der Waals surface area contributed by atoms with Crippen LogP contribution in [0.25, 0.3) is 0 Å². The Bertz CT molecular complexity index is 911. The summed E-state index contributed by atoms with van der Waals surface area (Å²) < 4.78 is 0. The Balaban J connectivity index is 1.39. The van der Waals surface area contributed by atoms with Crippen molar-refractivity contribution < 1.29 is 0 Å². The molecule has 1 aliphatic rings. The summed E-state index contributed by atoms with van der Waals surface area (Å²) in [5.41, 5.74) is 4.83. The van der Waals surface area contributed by atoms with Crippen molar-refractivity contribution >= 4 is 17.3 Å². The summed E-state index contributed by atoms with van der Waals surface area (Å²) in [6.45, 7) is 9.00.